The minimum Gasteiger partial charge on any atom is -0.387 e. The number of rotatable bonds is 8. The maximum atomic E-state index is 11.7. The van der Waals surface area contributed by atoms with E-state index >= 15 is 0 Å². The first-order valence-corrected chi connectivity index (χ1v) is 10.7. The van der Waals surface area contributed by atoms with Crippen molar-refractivity contribution >= 4 is 0 Å². The first-order chi connectivity index (χ1) is 13.0. The maximum absolute atomic E-state index is 11.7. The van der Waals surface area contributed by atoms with Crippen LogP contribution in [-0.4, -0.2) is 76.2 Å². The van der Waals surface area contributed by atoms with E-state index in [0.29, 0.717) is 19.2 Å². The van der Waals surface area contributed by atoms with Crippen LogP contribution in [0.3, 0.4) is 0 Å². The lowest BCUT2D eigenvalue weighted by Gasteiger charge is -2.51. The van der Waals surface area contributed by atoms with Gasteiger partial charge in [-0.25, -0.2) is 0 Å². The fourth-order valence-electron chi connectivity index (χ4n) is 5.12. The molecule has 2 fully saturated rings. The molecular weight excluding hydrogens is 340 g/mol. The number of aliphatic hydroxyl groups is 1. The lowest BCUT2D eigenvalue weighted by atomic mass is 9.79. The van der Waals surface area contributed by atoms with E-state index in [2.05, 4.69) is 40.4 Å². The zero-order chi connectivity index (χ0) is 19.4. The third kappa shape index (κ3) is 4.56. The highest BCUT2D eigenvalue weighted by Gasteiger charge is 2.44. The molecule has 2 atom stereocenters. The Balaban J connectivity index is 1.77. The maximum Gasteiger partial charge on any atom is 0.0928 e. The molecule has 2 aliphatic heterocycles. The third-order valence-electron chi connectivity index (χ3n) is 6.61. The average molecular weight is 379 g/mol. The highest BCUT2D eigenvalue weighted by molar-refractivity contribution is 5.24. The zero-order valence-electron chi connectivity index (χ0n) is 17.7. The summed E-state index contributed by atoms with van der Waals surface area (Å²) in [5.74, 6) is 0. The molecule has 3 heterocycles. The molecule has 0 spiro atoms. The number of piperidine rings is 2. The van der Waals surface area contributed by atoms with Gasteiger partial charge >= 0.3 is 0 Å². The Labute approximate surface area is 164 Å². The smallest absolute Gasteiger partial charge is 0.0928 e. The highest BCUT2D eigenvalue weighted by atomic mass is 16.5. The predicted molar refractivity (Wildman–Crippen MR) is 108 cm³/mol. The standard InChI is InChI=1S/C21H38N4O2/c1-5-25-18(3)19(17(2)22-25)15-23(13-14-27-4)16-21(26)10-8-12-24-11-7-6-9-20(21)24/h20,26H,5-16H2,1-4H3/t20-,21-/m1/s1. The summed E-state index contributed by atoms with van der Waals surface area (Å²) < 4.78 is 7.45. The molecule has 2 saturated heterocycles. The van der Waals surface area contributed by atoms with E-state index in [-0.39, 0.29) is 0 Å². The zero-order valence-corrected chi connectivity index (χ0v) is 17.7. The summed E-state index contributed by atoms with van der Waals surface area (Å²) in [5, 5.41) is 16.3. The Morgan fingerprint density at radius 1 is 1.26 bits per heavy atom. The largest absolute Gasteiger partial charge is 0.387 e. The number of nitrogens with zero attached hydrogens (tertiary/aromatic N) is 4. The van der Waals surface area contributed by atoms with E-state index in [1.165, 1.54) is 24.1 Å². The van der Waals surface area contributed by atoms with E-state index < -0.39 is 5.60 Å². The van der Waals surface area contributed by atoms with Crippen molar-refractivity contribution in [2.24, 2.45) is 0 Å². The van der Waals surface area contributed by atoms with Crippen LogP contribution < -0.4 is 0 Å². The molecule has 0 unspecified atom stereocenters. The number of fused-ring (bicyclic) bond motifs is 1. The second-order valence-electron chi connectivity index (χ2n) is 8.42. The molecule has 0 amide bonds. The summed E-state index contributed by atoms with van der Waals surface area (Å²) in [5.41, 5.74) is 3.03. The van der Waals surface area contributed by atoms with Crippen molar-refractivity contribution in [1.29, 1.82) is 0 Å². The Kier molecular flexibility index (Phi) is 6.95. The van der Waals surface area contributed by atoms with Crippen molar-refractivity contribution in [3.8, 4) is 0 Å². The van der Waals surface area contributed by atoms with Crippen LogP contribution in [0.4, 0.5) is 0 Å². The highest BCUT2D eigenvalue weighted by Crippen LogP contribution is 2.35. The lowest BCUT2D eigenvalue weighted by Crippen LogP contribution is -2.62. The molecule has 6 heteroatoms. The van der Waals surface area contributed by atoms with Gasteiger partial charge < -0.3 is 9.84 Å². The topological polar surface area (TPSA) is 53.8 Å². The van der Waals surface area contributed by atoms with E-state index in [1.807, 2.05) is 0 Å². The lowest BCUT2D eigenvalue weighted by molar-refractivity contribution is -0.111. The minimum absolute atomic E-state index is 0.311. The van der Waals surface area contributed by atoms with E-state index in [9.17, 15) is 5.11 Å². The van der Waals surface area contributed by atoms with Gasteiger partial charge in [0.2, 0.25) is 0 Å². The van der Waals surface area contributed by atoms with Crippen LogP contribution in [0.25, 0.3) is 0 Å². The molecule has 27 heavy (non-hydrogen) atoms. The monoisotopic (exact) mass is 378 g/mol. The van der Waals surface area contributed by atoms with Crippen molar-refractivity contribution in [2.45, 2.75) is 77.6 Å². The molecule has 0 bridgehead atoms. The van der Waals surface area contributed by atoms with Crippen molar-refractivity contribution in [3.05, 3.63) is 17.0 Å². The fourth-order valence-corrected chi connectivity index (χ4v) is 5.12. The van der Waals surface area contributed by atoms with Gasteiger partial charge in [0.1, 0.15) is 0 Å². The van der Waals surface area contributed by atoms with Crippen LogP contribution >= 0.6 is 0 Å². The van der Waals surface area contributed by atoms with Crippen molar-refractivity contribution in [2.75, 3.05) is 39.9 Å². The quantitative estimate of drug-likeness (QED) is 0.753. The molecule has 0 aromatic carbocycles. The molecule has 0 saturated carbocycles. The van der Waals surface area contributed by atoms with Crippen LogP contribution in [0.15, 0.2) is 0 Å². The number of ether oxygens (including phenoxy) is 1. The molecule has 6 nitrogen and oxygen atoms in total. The molecule has 154 valence electrons. The Hall–Kier alpha value is -0.950. The average Bonchev–Trinajstić information content (AvgIpc) is 2.94. The van der Waals surface area contributed by atoms with E-state index in [0.717, 1.165) is 57.7 Å². The van der Waals surface area contributed by atoms with Gasteiger partial charge in [0, 0.05) is 50.6 Å². The predicted octanol–water partition coefficient (Wildman–Crippen LogP) is 2.35. The SMILES string of the molecule is CCn1nc(C)c(CN(CCOC)C[C@]2(O)CCCN3CCCC[C@@H]32)c1C. The molecule has 3 rings (SSSR count). The summed E-state index contributed by atoms with van der Waals surface area (Å²) in [4.78, 5) is 4.92. The van der Waals surface area contributed by atoms with Crippen LogP contribution in [0.2, 0.25) is 0 Å². The molecule has 1 N–H and O–H groups in total. The van der Waals surface area contributed by atoms with Crippen molar-refractivity contribution in [3.63, 3.8) is 0 Å². The molecule has 0 radical (unpaired) electrons. The van der Waals surface area contributed by atoms with Gasteiger partial charge in [-0.15, -0.1) is 0 Å². The summed E-state index contributed by atoms with van der Waals surface area (Å²) in [6.45, 7) is 12.6. The number of hydrogen-bond acceptors (Lipinski definition) is 5. The number of methoxy groups -OCH3 is 1. The summed E-state index contributed by atoms with van der Waals surface area (Å²) in [7, 11) is 1.75. The third-order valence-corrected chi connectivity index (χ3v) is 6.61. The Morgan fingerprint density at radius 3 is 2.74 bits per heavy atom. The van der Waals surface area contributed by atoms with Crippen LogP contribution in [0.1, 0.15) is 56.0 Å². The first kappa shape index (κ1) is 20.8. The van der Waals surface area contributed by atoms with Gasteiger partial charge in [0.05, 0.1) is 17.9 Å². The van der Waals surface area contributed by atoms with Crippen LogP contribution in [0, 0.1) is 13.8 Å². The number of hydrogen-bond donors (Lipinski definition) is 1. The second-order valence-corrected chi connectivity index (χ2v) is 8.42. The van der Waals surface area contributed by atoms with Gasteiger partial charge in [-0.05, 0) is 59.5 Å². The van der Waals surface area contributed by atoms with Crippen molar-refractivity contribution < 1.29 is 9.84 Å². The van der Waals surface area contributed by atoms with Crippen LogP contribution in [0.5, 0.6) is 0 Å². The Bertz CT molecular complexity index is 616. The Morgan fingerprint density at radius 2 is 2.04 bits per heavy atom. The fraction of sp³-hybridized carbons (Fsp3) is 0.857. The minimum atomic E-state index is -0.616. The molecule has 0 aliphatic carbocycles. The summed E-state index contributed by atoms with van der Waals surface area (Å²) in [6, 6.07) is 0.311. The van der Waals surface area contributed by atoms with Gasteiger partial charge in [-0.2, -0.15) is 5.10 Å². The van der Waals surface area contributed by atoms with E-state index in [4.69, 9.17) is 4.74 Å². The second kappa shape index (κ2) is 9.03. The van der Waals surface area contributed by atoms with Crippen LogP contribution in [-0.2, 0) is 17.8 Å². The number of aromatic nitrogens is 2. The molecule has 2 aliphatic rings. The van der Waals surface area contributed by atoms with Gasteiger partial charge in [-0.3, -0.25) is 14.5 Å². The summed E-state index contributed by atoms with van der Waals surface area (Å²) in [6.07, 6.45) is 5.64. The first-order valence-electron chi connectivity index (χ1n) is 10.7. The molecular formula is C21H38N4O2. The van der Waals surface area contributed by atoms with Gasteiger partial charge in [0.25, 0.3) is 0 Å². The normalized spacial score (nSPS) is 26.5. The number of aryl methyl sites for hydroxylation is 2. The van der Waals surface area contributed by atoms with Gasteiger partial charge in [-0.1, -0.05) is 6.42 Å². The van der Waals surface area contributed by atoms with E-state index in [1.54, 1.807) is 7.11 Å². The molecule has 1 aromatic heterocycles. The van der Waals surface area contributed by atoms with Gasteiger partial charge in [0.15, 0.2) is 0 Å². The summed E-state index contributed by atoms with van der Waals surface area (Å²) >= 11 is 0. The van der Waals surface area contributed by atoms with Crippen molar-refractivity contribution in [1.82, 2.24) is 19.6 Å². The molecule has 1 aromatic rings.